The Kier molecular flexibility index (Phi) is 7.12. The maximum absolute atomic E-state index is 12.4. The molecule has 1 aromatic heterocycles. The molecule has 0 bridgehead atoms. The van der Waals surface area contributed by atoms with Crippen LogP contribution in [-0.4, -0.2) is 72.6 Å². The highest BCUT2D eigenvalue weighted by Gasteiger charge is 2.27. The highest BCUT2D eigenvalue weighted by molar-refractivity contribution is 6.16. The molecule has 0 amide bonds. The molecule has 0 unspecified atom stereocenters. The van der Waals surface area contributed by atoms with Crippen molar-refractivity contribution in [2.24, 2.45) is 0 Å². The standard InChI is InChI=1S/C18H26N4O5/c1-5-26-18(23)14(12-20(2)3)17-15(22(24)25)6-7-16(19-17)27-13-8-10-21(4)11-9-13/h6-7,12-13H,5,8-11H2,1-4H3/b14-12-. The lowest BCUT2D eigenvalue weighted by molar-refractivity contribution is -0.385. The van der Waals surface area contributed by atoms with Crippen molar-refractivity contribution in [2.75, 3.05) is 40.8 Å². The van der Waals surface area contributed by atoms with Crippen molar-refractivity contribution < 1.29 is 19.2 Å². The Balaban J connectivity index is 2.38. The molecule has 27 heavy (non-hydrogen) atoms. The highest BCUT2D eigenvalue weighted by Crippen LogP contribution is 2.29. The Labute approximate surface area is 158 Å². The second-order valence-electron chi connectivity index (χ2n) is 6.62. The van der Waals surface area contributed by atoms with E-state index in [4.69, 9.17) is 9.47 Å². The lowest BCUT2D eigenvalue weighted by Crippen LogP contribution is -2.35. The Morgan fingerprint density at radius 3 is 2.63 bits per heavy atom. The molecule has 9 heteroatoms. The number of pyridine rings is 1. The number of nitro groups is 1. The van der Waals surface area contributed by atoms with Gasteiger partial charge < -0.3 is 19.3 Å². The minimum absolute atomic E-state index is 0.00752. The number of carbonyl (C=O) groups is 1. The Hall–Kier alpha value is -2.68. The third-order valence-corrected chi connectivity index (χ3v) is 4.14. The summed E-state index contributed by atoms with van der Waals surface area (Å²) in [7, 11) is 5.48. The summed E-state index contributed by atoms with van der Waals surface area (Å²) in [5, 5.41) is 11.5. The number of hydrogen-bond donors (Lipinski definition) is 0. The summed E-state index contributed by atoms with van der Waals surface area (Å²) in [5.41, 5.74) is -0.313. The van der Waals surface area contributed by atoms with Crippen LogP contribution in [0.5, 0.6) is 5.88 Å². The van der Waals surface area contributed by atoms with Crippen LogP contribution in [0.4, 0.5) is 5.69 Å². The second-order valence-corrected chi connectivity index (χ2v) is 6.62. The summed E-state index contributed by atoms with van der Waals surface area (Å²) >= 11 is 0. The maximum atomic E-state index is 12.4. The molecule has 148 valence electrons. The van der Waals surface area contributed by atoms with Crippen LogP contribution < -0.4 is 4.74 Å². The van der Waals surface area contributed by atoms with Crippen molar-refractivity contribution in [1.82, 2.24) is 14.8 Å². The van der Waals surface area contributed by atoms with Gasteiger partial charge in [0.2, 0.25) is 5.88 Å². The zero-order chi connectivity index (χ0) is 20.0. The van der Waals surface area contributed by atoms with Crippen LogP contribution in [-0.2, 0) is 9.53 Å². The molecule has 2 rings (SSSR count). The van der Waals surface area contributed by atoms with Gasteiger partial charge in [0, 0.05) is 45.5 Å². The van der Waals surface area contributed by atoms with Crippen LogP contribution in [0.3, 0.4) is 0 Å². The third kappa shape index (κ3) is 5.65. The first-order valence-electron chi connectivity index (χ1n) is 8.88. The van der Waals surface area contributed by atoms with E-state index in [9.17, 15) is 14.9 Å². The molecule has 1 aliphatic rings. The largest absolute Gasteiger partial charge is 0.474 e. The molecule has 0 aliphatic carbocycles. The van der Waals surface area contributed by atoms with E-state index in [1.165, 1.54) is 18.3 Å². The van der Waals surface area contributed by atoms with E-state index in [0.29, 0.717) is 0 Å². The quantitative estimate of drug-likeness (QED) is 0.307. The summed E-state index contributed by atoms with van der Waals surface area (Å²) in [4.78, 5) is 31.4. The summed E-state index contributed by atoms with van der Waals surface area (Å²) in [5.74, 6) is -0.405. The highest BCUT2D eigenvalue weighted by atomic mass is 16.6. The van der Waals surface area contributed by atoms with Crippen LogP contribution in [0, 0.1) is 10.1 Å². The van der Waals surface area contributed by atoms with E-state index >= 15 is 0 Å². The average Bonchev–Trinajstić information content (AvgIpc) is 2.61. The van der Waals surface area contributed by atoms with Gasteiger partial charge in [-0.1, -0.05) is 0 Å². The van der Waals surface area contributed by atoms with Crippen molar-refractivity contribution >= 4 is 17.2 Å². The fourth-order valence-corrected chi connectivity index (χ4v) is 2.80. The zero-order valence-electron chi connectivity index (χ0n) is 16.2. The first-order chi connectivity index (χ1) is 12.8. The normalized spacial score (nSPS) is 16.1. The molecule has 9 nitrogen and oxygen atoms in total. The van der Waals surface area contributed by atoms with Gasteiger partial charge in [0.05, 0.1) is 11.5 Å². The second kappa shape index (κ2) is 9.31. The van der Waals surface area contributed by atoms with Crippen molar-refractivity contribution in [3.8, 4) is 5.88 Å². The van der Waals surface area contributed by atoms with Gasteiger partial charge in [-0.15, -0.1) is 0 Å². The molecule has 2 heterocycles. The smallest absolute Gasteiger partial charge is 0.342 e. The van der Waals surface area contributed by atoms with E-state index in [0.717, 1.165) is 25.9 Å². The predicted molar refractivity (Wildman–Crippen MR) is 100 cm³/mol. The van der Waals surface area contributed by atoms with Gasteiger partial charge in [0.15, 0.2) is 5.69 Å². The molecule has 1 aliphatic heterocycles. The number of carbonyl (C=O) groups excluding carboxylic acids is 1. The van der Waals surface area contributed by atoms with Crippen LogP contribution in [0.25, 0.3) is 5.57 Å². The minimum atomic E-state index is -0.668. The Morgan fingerprint density at radius 1 is 1.41 bits per heavy atom. The molecule has 0 atom stereocenters. The van der Waals surface area contributed by atoms with E-state index in [1.54, 1.807) is 25.9 Å². The van der Waals surface area contributed by atoms with E-state index in [-0.39, 0.29) is 35.5 Å². The zero-order valence-corrected chi connectivity index (χ0v) is 16.2. The van der Waals surface area contributed by atoms with Gasteiger partial charge >= 0.3 is 5.97 Å². The summed E-state index contributed by atoms with van der Waals surface area (Å²) in [6.07, 6.45) is 3.16. The fourth-order valence-electron chi connectivity index (χ4n) is 2.80. The van der Waals surface area contributed by atoms with Crippen molar-refractivity contribution in [2.45, 2.75) is 25.9 Å². The van der Waals surface area contributed by atoms with Crippen molar-refractivity contribution in [1.29, 1.82) is 0 Å². The number of aromatic nitrogens is 1. The van der Waals surface area contributed by atoms with Gasteiger partial charge in [-0.2, -0.15) is 0 Å². The van der Waals surface area contributed by atoms with Gasteiger partial charge in [0.1, 0.15) is 11.7 Å². The van der Waals surface area contributed by atoms with Crippen molar-refractivity contribution in [3.63, 3.8) is 0 Å². The molecular formula is C18H26N4O5. The first kappa shape index (κ1) is 20.6. The van der Waals surface area contributed by atoms with E-state index < -0.39 is 10.9 Å². The molecule has 0 aromatic carbocycles. The lowest BCUT2D eigenvalue weighted by Gasteiger charge is -2.29. The Morgan fingerprint density at radius 2 is 2.07 bits per heavy atom. The number of likely N-dealkylation sites (tertiary alicyclic amines) is 1. The summed E-state index contributed by atoms with van der Waals surface area (Å²) < 4.78 is 11.0. The fraction of sp³-hybridized carbons (Fsp3) is 0.556. The van der Waals surface area contributed by atoms with Gasteiger partial charge in [-0.3, -0.25) is 10.1 Å². The van der Waals surface area contributed by atoms with E-state index in [2.05, 4.69) is 16.9 Å². The van der Waals surface area contributed by atoms with Crippen LogP contribution >= 0.6 is 0 Å². The SMILES string of the molecule is CCOC(=O)/C(=C\N(C)C)c1nc(OC2CCN(C)CC2)ccc1[N+](=O)[O-]. The third-order valence-electron chi connectivity index (χ3n) is 4.14. The number of hydrogen-bond acceptors (Lipinski definition) is 8. The minimum Gasteiger partial charge on any atom is -0.474 e. The van der Waals surface area contributed by atoms with Crippen LogP contribution in [0.1, 0.15) is 25.5 Å². The molecule has 0 saturated carbocycles. The van der Waals surface area contributed by atoms with Crippen LogP contribution in [0.15, 0.2) is 18.3 Å². The number of esters is 1. The maximum Gasteiger partial charge on any atom is 0.342 e. The first-order valence-corrected chi connectivity index (χ1v) is 8.88. The molecule has 1 saturated heterocycles. The Bertz CT molecular complexity index is 712. The average molecular weight is 378 g/mol. The summed E-state index contributed by atoms with van der Waals surface area (Å²) in [6.45, 7) is 3.66. The summed E-state index contributed by atoms with van der Waals surface area (Å²) in [6, 6.07) is 2.79. The van der Waals surface area contributed by atoms with Gasteiger partial charge in [0.25, 0.3) is 5.69 Å². The molecule has 0 spiro atoms. The predicted octanol–water partition coefficient (Wildman–Crippen LogP) is 1.93. The molecule has 0 N–H and O–H groups in total. The monoisotopic (exact) mass is 378 g/mol. The molecule has 1 fully saturated rings. The topological polar surface area (TPSA) is 98.0 Å². The van der Waals surface area contributed by atoms with Crippen molar-refractivity contribution in [3.05, 3.63) is 34.1 Å². The van der Waals surface area contributed by atoms with Gasteiger partial charge in [-0.25, -0.2) is 9.78 Å². The lowest BCUT2D eigenvalue weighted by atomic mass is 10.1. The molecular weight excluding hydrogens is 352 g/mol. The molecule has 1 aromatic rings. The number of nitrogens with zero attached hydrogens (tertiary/aromatic N) is 4. The van der Waals surface area contributed by atoms with Crippen LogP contribution in [0.2, 0.25) is 0 Å². The number of piperidine rings is 1. The number of ether oxygens (including phenoxy) is 2. The van der Waals surface area contributed by atoms with Gasteiger partial charge in [-0.05, 0) is 26.8 Å². The molecule has 0 radical (unpaired) electrons. The van der Waals surface area contributed by atoms with E-state index in [1.807, 2.05) is 0 Å². The number of rotatable bonds is 7.